The minimum atomic E-state index is -1.18. The predicted octanol–water partition coefficient (Wildman–Crippen LogP) is 2.70. The average Bonchev–Trinajstić information content (AvgIpc) is 2.56. The zero-order chi connectivity index (χ0) is 17.7. The van der Waals surface area contributed by atoms with Gasteiger partial charge in [-0.3, -0.25) is 9.59 Å². The van der Waals surface area contributed by atoms with Crippen molar-refractivity contribution in [2.45, 2.75) is 19.8 Å². The fourth-order valence-corrected chi connectivity index (χ4v) is 2.57. The lowest BCUT2D eigenvalue weighted by Crippen LogP contribution is -2.30. The van der Waals surface area contributed by atoms with Crippen LogP contribution < -0.4 is 10.1 Å². The molecule has 3 N–H and O–H groups in total. The molecule has 7 nitrogen and oxygen atoms in total. The van der Waals surface area contributed by atoms with Crippen LogP contribution in [0.1, 0.15) is 30.3 Å². The first-order chi connectivity index (χ1) is 11.4. The number of aliphatic carboxylic acids is 1. The maximum atomic E-state index is 12.0. The first kappa shape index (κ1) is 18.0. The molecule has 0 fully saturated rings. The molecule has 1 aromatic heterocycles. The highest BCUT2D eigenvalue weighted by Crippen LogP contribution is 2.34. The number of carbonyl (C=O) groups is 2. The van der Waals surface area contributed by atoms with Gasteiger partial charge >= 0.3 is 5.97 Å². The monoisotopic (exact) mass is 396 g/mol. The third-order valence-corrected chi connectivity index (χ3v) is 3.89. The van der Waals surface area contributed by atoms with Crippen molar-refractivity contribution in [3.05, 3.63) is 28.5 Å². The second-order valence-electron chi connectivity index (χ2n) is 5.09. The van der Waals surface area contributed by atoms with Crippen LogP contribution in [0.3, 0.4) is 0 Å². The number of fused-ring (bicyclic) bond motifs is 1. The van der Waals surface area contributed by atoms with Gasteiger partial charge in [0.2, 0.25) is 0 Å². The van der Waals surface area contributed by atoms with Gasteiger partial charge in [0.1, 0.15) is 16.9 Å². The predicted molar refractivity (Wildman–Crippen MR) is 91.5 cm³/mol. The van der Waals surface area contributed by atoms with Gasteiger partial charge in [-0.05, 0) is 40.5 Å². The number of ether oxygens (including phenoxy) is 1. The van der Waals surface area contributed by atoms with E-state index in [4.69, 9.17) is 9.84 Å². The summed E-state index contributed by atoms with van der Waals surface area (Å²) in [6.07, 6.45) is 1.96. The Kier molecular flexibility index (Phi) is 5.97. The summed E-state index contributed by atoms with van der Waals surface area (Å²) in [5.41, 5.74) is -0.240. The minimum absolute atomic E-state index is 0.240. The Morgan fingerprint density at radius 2 is 2.08 bits per heavy atom. The van der Waals surface area contributed by atoms with Crippen molar-refractivity contribution in [2.75, 3.05) is 13.2 Å². The maximum Gasteiger partial charge on any atom is 0.322 e. The Morgan fingerprint density at radius 1 is 1.33 bits per heavy atom. The van der Waals surface area contributed by atoms with E-state index in [1.165, 1.54) is 0 Å². The third kappa shape index (κ3) is 4.14. The second-order valence-corrected chi connectivity index (χ2v) is 5.84. The van der Waals surface area contributed by atoms with Crippen LogP contribution in [0.15, 0.2) is 22.8 Å². The number of unbranched alkanes of at least 4 members (excludes halogenated alkanes) is 1. The lowest BCUT2D eigenvalue weighted by Gasteiger charge is -2.11. The Balaban J connectivity index is 2.34. The summed E-state index contributed by atoms with van der Waals surface area (Å²) < 4.78 is 5.98. The summed E-state index contributed by atoms with van der Waals surface area (Å²) in [5.74, 6) is -1.62. The number of hydrogen-bond donors (Lipinski definition) is 3. The van der Waals surface area contributed by atoms with E-state index in [1.807, 2.05) is 0 Å². The first-order valence-electron chi connectivity index (χ1n) is 7.39. The molecular weight excluding hydrogens is 380 g/mol. The van der Waals surface area contributed by atoms with Crippen LogP contribution in [0.25, 0.3) is 10.8 Å². The van der Waals surface area contributed by atoms with Crippen molar-refractivity contribution < 1.29 is 24.5 Å². The molecular formula is C16H17BrN2O5. The SMILES string of the molecule is CCCCOc1ccc2c(O)c(C(=O)NCC(=O)O)nc(Br)c2c1. The Labute approximate surface area is 146 Å². The average molecular weight is 397 g/mol. The fraction of sp³-hybridized carbons (Fsp3) is 0.312. The van der Waals surface area contributed by atoms with E-state index in [2.05, 4.69) is 33.2 Å². The van der Waals surface area contributed by atoms with Gasteiger partial charge in [-0.25, -0.2) is 4.98 Å². The molecule has 0 unspecified atom stereocenters. The number of rotatable bonds is 7. The van der Waals surface area contributed by atoms with Crippen LogP contribution in [0.2, 0.25) is 0 Å². The molecule has 0 aliphatic heterocycles. The summed E-state index contributed by atoms with van der Waals surface area (Å²) >= 11 is 3.27. The maximum absolute atomic E-state index is 12.0. The van der Waals surface area contributed by atoms with Crippen LogP contribution in [0.4, 0.5) is 0 Å². The number of aromatic nitrogens is 1. The summed E-state index contributed by atoms with van der Waals surface area (Å²) in [5, 5.41) is 22.1. The molecule has 2 aromatic rings. The lowest BCUT2D eigenvalue weighted by molar-refractivity contribution is -0.135. The van der Waals surface area contributed by atoms with E-state index in [0.717, 1.165) is 12.8 Å². The number of halogens is 1. The number of nitrogens with one attached hydrogen (secondary N) is 1. The summed E-state index contributed by atoms with van der Waals surface area (Å²) in [7, 11) is 0. The van der Waals surface area contributed by atoms with Crippen molar-refractivity contribution in [1.82, 2.24) is 10.3 Å². The number of aromatic hydroxyl groups is 1. The van der Waals surface area contributed by atoms with Crippen molar-refractivity contribution in [2.24, 2.45) is 0 Å². The number of carboxylic acids is 1. The van der Waals surface area contributed by atoms with Gasteiger partial charge < -0.3 is 20.3 Å². The molecule has 24 heavy (non-hydrogen) atoms. The molecule has 1 aromatic carbocycles. The summed E-state index contributed by atoms with van der Waals surface area (Å²) in [6.45, 7) is 2.10. The Bertz CT molecular complexity index is 779. The number of nitrogens with zero attached hydrogens (tertiary/aromatic N) is 1. The van der Waals surface area contributed by atoms with Gasteiger partial charge in [0.25, 0.3) is 5.91 Å². The number of hydrogen-bond acceptors (Lipinski definition) is 5. The molecule has 1 amide bonds. The standard InChI is InChI=1S/C16H17BrN2O5/c1-2-3-6-24-9-4-5-10-11(7-9)15(17)19-13(14(10)22)16(23)18-8-12(20)21/h4-5,7,22H,2-3,6,8H2,1H3,(H,18,23)(H,20,21). The molecule has 128 valence electrons. The molecule has 8 heteroatoms. The first-order valence-corrected chi connectivity index (χ1v) is 8.18. The Hall–Kier alpha value is -2.35. The summed E-state index contributed by atoms with van der Waals surface area (Å²) in [4.78, 5) is 26.5. The lowest BCUT2D eigenvalue weighted by atomic mass is 10.1. The largest absolute Gasteiger partial charge is 0.505 e. The zero-order valence-electron chi connectivity index (χ0n) is 13.0. The molecule has 2 rings (SSSR count). The van der Waals surface area contributed by atoms with Gasteiger partial charge in [0.15, 0.2) is 11.4 Å². The Morgan fingerprint density at radius 3 is 2.75 bits per heavy atom. The highest BCUT2D eigenvalue weighted by atomic mass is 79.9. The van der Waals surface area contributed by atoms with Crippen LogP contribution in [-0.2, 0) is 4.79 Å². The van der Waals surface area contributed by atoms with Gasteiger partial charge in [-0.15, -0.1) is 0 Å². The molecule has 0 radical (unpaired) electrons. The van der Waals surface area contributed by atoms with E-state index in [9.17, 15) is 14.7 Å². The molecule has 0 bridgehead atoms. The van der Waals surface area contributed by atoms with E-state index in [-0.39, 0.29) is 11.4 Å². The highest BCUT2D eigenvalue weighted by molar-refractivity contribution is 9.10. The molecule has 0 spiro atoms. The smallest absolute Gasteiger partial charge is 0.322 e. The molecule has 1 heterocycles. The highest BCUT2D eigenvalue weighted by Gasteiger charge is 2.19. The topological polar surface area (TPSA) is 109 Å². The van der Waals surface area contributed by atoms with Crippen molar-refractivity contribution in [3.63, 3.8) is 0 Å². The molecule has 0 aliphatic rings. The quantitative estimate of drug-likeness (QED) is 0.490. The van der Waals surface area contributed by atoms with Crippen LogP contribution in [0, 0.1) is 0 Å². The van der Waals surface area contributed by atoms with Crippen molar-refractivity contribution in [3.8, 4) is 11.5 Å². The van der Waals surface area contributed by atoms with Crippen LogP contribution in [-0.4, -0.2) is 40.2 Å². The van der Waals surface area contributed by atoms with E-state index < -0.39 is 18.4 Å². The third-order valence-electron chi connectivity index (χ3n) is 3.28. The van der Waals surface area contributed by atoms with E-state index >= 15 is 0 Å². The van der Waals surface area contributed by atoms with Gasteiger partial charge in [-0.2, -0.15) is 0 Å². The molecule has 0 saturated heterocycles. The molecule has 0 aliphatic carbocycles. The van der Waals surface area contributed by atoms with E-state index in [1.54, 1.807) is 18.2 Å². The normalized spacial score (nSPS) is 10.6. The van der Waals surface area contributed by atoms with Crippen LogP contribution >= 0.6 is 15.9 Å². The fourth-order valence-electron chi connectivity index (χ4n) is 2.06. The van der Waals surface area contributed by atoms with Crippen molar-refractivity contribution >= 4 is 38.6 Å². The van der Waals surface area contributed by atoms with Crippen molar-refractivity contribution in [1.29, 1.82) is 0 Å². The number of carbonyl (C=O) groups excluding carboxylic acids is 1. The number of carboxylic acid groups (broad SMARTS) is 1. The number of benzene rings is 1. The van der Waals surface area contributed by atoms with Gasteiger partial charge in [-0.1, -0.05) is 13.3 Å². The van der Waals surface area contributed by atoms with Crippen LogP contribution in [0.5, 0.6) is 11.5 Å². The van der Waals surface area contributed by atoms with Gasteiger partial charge in [0.05, 0.1) is 6.61 Å². The zero-order valence-corrected chi connectivity index (χ0v) is 14.6. The number of amides is 1. The van der Waals surface area contributed by atoms with Gasteiger partial charge in [0, 0.05) is 10.8 Å². The second kappa shape index (κ2) is 7.96. The molecule has 0 atom stereocenters. The molecule has 0 saturated carbocycles. The number of pyridine rings is 1. The minimum Gasteiger partial charge on any atom is -0.505 e. The van der Waals surface area contributed by atoms with E-state index in [0.29, 0.717) is 27.7 Å². The summed E-state index contributed by atoms with van der Waals surface area (Å²) in [6, 6.07) is 5.05.